The summed E-state index contributed by atoms with van der Waals surface area (Å²) in [5, 5.41) is 19.8. The maximum Gasteiger partial charge on any atom is 0.0689 e. The summed E-state index contributed by atoms with van der Waals surface area (Å²) in [4.78, 5) is 0. The van der Waals surface area contributed by atoms with E-state index in [-0.39, 0.29) is 10.8 Å². The van der Waals surface area contributed by atoms with Gasteiger partial charge in [-0.25, -0.2) is 0 Å². The molecule has 0 N–H and O–H groups in total. The molecule has 4 fully saturated rings. The highest BCUT2D eigenvalue weighted by Gasteiger charge is 2.62. The predicted molar refractivity (Wildman–Crippen MR) is 94.4 cm³/mol. The van der Waals surface area contributed by atoms with Crippen LogP contribution in [0.2, 0.25) is 0 Å². The molecule has 0 saturated heterocycles. The molecule has 24 heavy (non-hydrogen) atoms. The predicted octanol–water partition coefficient (Wildman–Crippen LogP) is 5.41. The Kier molecular flexibility index (Phi) is 3.59. The molecule has 0 aliphatic heterocycles. The van der Waals surface area contributed by atoms with E-state index in [4.69, 9.17) is 0 Å². The van der Waals surface area contributed by atoms with Crippen LogP contribution in [0.15, 0.2) is 0 Å². The molecule has 10 unspecified atom stereocenters. The lowest BCUT2D eigenvalue weighted by atomic mass is 9.39. The Bertz CT molecular complexity index is 612. The fraction of sp³-hybridized carbons (Fsp3) is 0.909. The van der Waals surface area contributed by atoms with Crippen LogP contribution in [0.25, 0.3) is 0 Å². The van der Waals surface area contributed by atoms with Gasteiger partial charge in [-0.15, -0.1) is 0 Å². The number of hydrogen-bond donors (Lipinski definition) is 0. The van der Waals surface area contributed by atoms with Crippen molar-refractivity contribution in [3.63, 3.8) is 0 Å². The summed E-state index contributed by atoms with van der Waals surface area (Å²) in [7, 11) is 0. The van der Waals surface area contributed by atoms with Crippen LogP contribution in [0.4, 0.5) is 0 Å². The molecule has 0 bridgehead atoms. The first-order chi connectivity index (χ1) is 11.3. The lowest BCUT2D eigenvalue weighted by Crippen LogP contribution is -2.59. The molecular weight excluding hydrogens is 292 g/mol. The molecule has 4 aliphatic rings. The molecule has 0 heterocycles. The van der Waals surface area contributed by atoms with Gasteiger partial charge in [0.15, 0.2) is 0 Å². The monoisotopic (exact) mass is 324 g/mol. The first-order valence-electron chi connectivity index (χ1n) is 10.2. The molecule has 2 heteroatoms. The van der Waals surface area contributed by atoms with Crippen molar-refractivity contribution in [1.82, 2.24) is 0 Å². The fourth-order valence-electron chi connectivity index (χ4n) is 7.91. The molecule has 130 valence electrons. The summed E-state index contributed by atoms with van der Waals surface area (Å²) in [6.45, 7) is 9.27. The highest BCUT2D eigenvalue weighted by molar-refractivity contribution is 5.16. The first kappa shape index (κ1) is 16.4. The van der Waals surface area contributed by atoms with Gasteiger partial charge in [-0.2, -0.15) is 10.5 Å². The quantitative estimate of drug-likeness (QED) is 0.598. The molecule has 2 nitrogen and oxygen atoms in total. The second-order valence-corrected chi connectivity index (χ2v) is 10.2. The van der Waals surface area contributed by atoms with Gasteiger partial charge in [0.1, 0.15) is 0 Å². The molecule has 0 amide bonds. The Labute approximate surface area is 147 Å². The number of nitriles is 2. The summed E-state index contributed by atoms with van der Waals surface area (Å²) < 4.78 is 0. The minimum absolute atomic E-state index is 0.104. The van der Waals surface area contributed by atoms with Crippen LogP contribution in [0.3, 0.4) is 0 Å². The maximum atomic E-state index is 9.90. The summed E-state index contributed by atoms with van der Waals surface area (Å²) in [5.41, 5.74) is -0.245. The van der Waals surface area contributed by atoms with Gasteiger partial charge in [0.2, 0.25) is 0 Å². The minimum Gasteiger partial charge on any atom is -0.198 e. The van der Waals surface area contributed by atoms with Gasteiger partial charge in [-0.1, -0.05) is 13.8 Å². The van der Waals surface area contributed by atoms with Crippen LogP contribution < -0.4 is 0 Å². The summed E-state index contributed by atoms with van der Waals surface area (Å²) >= 11 is 0. The van der Waals surface area contributed by atoms with Gasteiger partial charge < -0.3 is 0 Å². The summed E-state index contributed by atoms with van der Waals surface area (Å²) in [5.74, 6) is 5.69. The Morgan fingerprint density at radius 2 is 1.58 bits per heavy atom. The van der Waals surface area contributed by atoms with E-state index < -0.39 is 0 Å². The van der Waals surface area contributed by atoms with Gasteiger partial charge in [0.25, 0.3) is 0 Å². The molecule has 4 rings (SSSR count). The highest BCUT2D eigenvalue weighted by atomic mass is 14.7. The van der Waals surface area contributed by atoms with Crippen LogP contribution in [-0.4, -0.2) is 0 Å². The smallest absolute Gasteiger partial charge is 0.0689 e. The summed E-state index contributed by atoms with van der Waals surface area (Å²) in [6, 6.07) is 5.44. The lowest BCUT2D eigenvalue weighted by Gasteiger charge is -2.65. The zero-order valence-electron chi connectivity index (χ0n) is 15.8. The molecular formula is C22H32N2. The second kappa shape index (κ2) is 5.24. The molecule has 4 aliphatic carbocycles. The van der Waals surface area contributed by atoms with Crippen molar-refractivity contribution in [2.45, 2.75) is 66.2 Å². The van der Waals surface area contributed by atoms with Gasteiger partial charge in [-0.05, 0) is 99.7 Å². The average Bonchev–Trinajstić information content (AvgIpc) is 2.58. The normalized spacial score (nSPS) is 58.9. The van der Waals surface area contributed by atoms with Crippen LogP contribution in [0.5, 0.6) is 0 Å². The highest BCUT2D eigenvalue weighted by Crippen LogP contribution is 2.67. The van der Waals surface area contributed by atoms with Crippen molar-refractivity contribution in [3.8, 4) is 12.1 Å². The first-order valence-corrected chi connectivity index (χ1v) is 10.2. The van der Waals surface area contributed by atoms with Gasteiger partial charge in [-0.3, -0.25) is 0 Å². The zero-order chi connectivity index (χ0) is 17.3. The third kappa shape index (κ3) is 1.98. The van der Waals surface area contributed by atoms with E-state index in [1.165, 1.54) is 25.7 Å². The van der Waals surface area contributed by atoms with E-state index in [1.807, 2.05) is 0 Å². The molecule has 10 atom stereocenters. The lowest BCUT2D eigenvalue weighted by molar-refractivity contribution is -0.160. The van der Waals surface area contributed by atoms with Crippen LogP contribution in [0.1, 0.15) is 66.2 Å². The van der Waals surface area contributed by atoms with Crippen molar-refractivity contribution in [2.75, 3.05) is 0 Å². The molecule has 0 aromatic heterocycles. The Hall–Kier alpha value is -1.02. The van der Waals surface area contributed by atoms with E-state index in [1.54, 1.807) is 0 Å². The third-order valence-corrected chi connectivity index (χ3v) is 9.32. The molecule has 0 radical (unpaired) electrons. The van der Waals surface area contributed by atoms with E-state index in [9.17, 15) is 10.5 Å². The van der Waals surface area contributed by atoms with Crippen LogP contribution in [0, 0.1) is 80.8 Å². The molecule has 0 aromatic rings. The van der Waals surface area contributed by atoms with E-state index >= 15 is 0 Å². The topological polar surface area (TPSA) is 47.6 Å². The van der Waals surface area contributed by atoms with Crippen LogP contribution in [-0.2, 0) is 0 Å². The van der Waals surface area contributed by atoms with E-state index in [0.717, 1.165) is 42.4 Å². The van der Waals surface area contributed by atoms with Gasteiger partial charge >= 0.3 is 0 Å². The molecule has 4 saturated carbocycles. The van der Waals surface area contributed by atoms with Gasteiger partial charge in [0, 0.05) is 0 Å². The zero-order valence-corrected chi connectivity index (χ0v) is 15.8. The average molecular weight is 325 g/mol. The minimum atomic E-state index is -0.140. The third-order valence-electron chi connectivity index (χ3n) is 9.32. The van der Waals surface area contributed by atoms with Crippen molar-refractivity contribution < 1.29 is 0 Å². The van der Waals surface area contributed by atoms with Crippen molar-refractivity contribution >= 4 is 0 Å². The Balaban J connectivity index is 1.76. The van der Waals surface area contributed by atoms with E-state index in [0.29, 0.717) is 17.8 Å². The second-order valence-electron chi connectivity index (χ2n) is 10.2. The summed E-state index contributed by atoms with van der Waals surface area (Å²) in [6.07, 6.45) is 7.24. The van der Waals surface area contributed by atoms with Gasteiger partial charge in [0.05, 0.1) is 23.0 Å². The standard InChI is InChI=1S/C22H32N2/c1-13-9-15-10-22(4,12-24)14(2)17-5-6-18-20(19(15)17)16(13)7-8-21(18,3)11-23/h13-20H,5-10H2,1-4H3. The fourth-order valence-corrected chi connectivity index (χ4v) is 7.91. The van der Waals surface area contributed by atoms with Crippen LogP contribution >= 0.6 is 0 Å². The number of hydrogen-bond acceptors (Lipinski definition) is 2. The van der Waals surface area contributed by atoms with Crippen molar-refractivity contribution in [3.05, 3.63) is 0 Å². The molecule has 0 spiro atoms. The largest absolute Gasteiger partial charge is 0.198 e. The Morgan fingerprint density at radius 1 is 0.875 bits per heavy atom. The van der Waals surface area contributed by atoms with E-state index in [2.05, 4.69) is 39.8 Å². The van der Waals surface area contributed by atoms with Crippen molar-refractivity contribution in [1.29, 1.82) is 10.5 Å². The molecule has 0 aromatic carbocycles. The number of nitrogens with zero attached hydrogens (tertiary/aromatic N) is 2. The maximum absolute atomic E-state index is 9.90. The number of rotatable bonds is 0. The Morgan fingerprint density at radius 3 is 2.25 bits per heavy atom. The van der Waals surface area contributed by atoms with Crippen molar-refractivity contribution in [2.24, 2.45) is 58.2 Å². The SMILES string of the molecule is CC1CC2CC(C)(C#N)C(C)C3CCC4C(C1CCC4(C)C#N)C23.